The van der Waals surface area contributed by atoms with Crippen LogP contribution >= 0.6 is 0 Å². The first-order valence-corrected chi connectivity index (χ1v) is 7.59. The molecule has 0 aromatic heterocycles. The first kappa shape index (κ1) is 13.4. The summed E-state index contributed by atoms with van der Waals surface area (Å²) < 4.78 is 6.31. The van der Waals surface area contributed by atoms with Crippen molar-refractivity contribution in [1.82, 2.24) is 5.32 Å². The van der Waals surface area contributed by atoms with E-state index < -0.39 is 0 Å². The zero-order chi connectivity index (χ0) is 12.3. The quantitative estimate of drug-likeness (QED) is 0.815. The molecule has 1 saturated carbocycles. The van der Waals surface area contributed by atoms with Gasteiger partial charge in [-0.25, -0.2) is 0 Å². The van der Waals surface area contributed by atoms with E-state index in [9.17, 15) is 0 Å². The molecule has 1 heterocycles. The summed E-state index contributed by atoms with van der Waals surface area (Å²) in [6, 6.07) is 0.592. The molecule has 1 saturated heterocycles. The van der Waals surface area contributed by atoms with Crippen LogP contribution in [0.25, 0.3) is 0 Å². The predicted octanol–water partition coefficient (Wildman–Crippen LogP) is 3.36. The van der Waals surface area contributed by atoms with Gasteiger partial charge in [0.05, 0.1) is 12.2 Å². The molecule has 17 heavy (non-hydrogen) atoms. The lowest BCUT2D eigenvalue weighted by atomic mass is 9.69. The van der Waals surface area contributed by atoms with Crippen LogP contribution in [0.4, 0.5) is 0 Å². The maximum Gasteiger partial charge on any atom is 0.0840 e. The van der Waals surface area contributed by atoms with Gasteiger partial charge in [-0.05, 0) is 24.7 Å². The summed E-state index contributed by atoms with van der Waals surface area (Å²) in [7, 11) is 0. The van der Waals surface area contributed by atoms with Crippen LogP contribution in [0, 0.1) is 11.8 Å². The molecular weight excluding hydrogens is 210 g/mol. The molecule has 1 N–H and O–H groups in total. The summed E-state index contributed by atoms with van der Waals surface area (Å²) in [6.07, 6.45) is 7.81. The predicted molar refractivity (Wildman–Crippen MR) is 72.2 cm³/mol. The molecule has 2 nitrogen and oxygen atoms in total. The molecule has 2 rings (SSSR count). The fourth-order valence-electron chi connectivity index (χ4n) is 4.06. The average Bonchev–Trinajstić information content (AvgIpc) is 2.33. The number of ether oxygens (including phenoxy) is 1. The summed E-state index contributed by atoms with van der Waals surface area (Å²) in [5.74, 6) is 1.61. The summed E-state index contributed by atoms with van der Waals surface area (Å²) in [5.41, 5.74) is 0.159. The van der Waals surface area contributed by atoms with Gasteiger partial charge in [0, 0.05) is 12.6 Å². The lowest BCUT2D eigenvalue weighted by molar-refractivity contribution is -0.139. The van der Waals surface area contributed by atoms with Gasteiger partial charge in [-0.1, -0.05) is 46.5 Å². The maximum absolute atomic E-state index is 6.31. The third-order valence-corrected chi connectivity index (χ3v) is 4.93. The standard InChI is InChI=1S/C15H29NO/c1-4-13(5-2)14-15(17-10-9-16-14)8-6-7-12(3)11-15/h12-14,16H,4-11H2,1-3H3. The monoisotopic (exact) mass is 239 g/mol. The van der Waals surface area contributed by atoms with E-state index in [-0.39, 0.29) is 5.60 Å². The van der Waals surface area contributed by atoms with Crippen molar-refractivity contribution >= 4 is 0 Å². The smallest absolute Gasteiger partial charge is 0.0840 e. The SMILES string of the molecule is CCC(CC)C1NCCOC12CCCC(C)C2. The van der Waals surface area contributed by atoms with Gasteiger partial charge < -0.3 is 10.1 Å². The van der Waals surface area contributed by atoms with Crippen molar-refractivity contribution in [2.75, 3.05) is 13.2 Å². The van der Waals surface area contributed by atoms with Crippen LogP contribution in [-0.2, 0) is 4.74 Å². The number of rotatable bonds is 3. The Kier molecular flexibility index (Phi) is 4.48. The molecule has 1 aliphatic heterocycles. The lowest BCUT2D eigenvalue weighted by Gasteiger charge is -2.51. The Morgan fingerprint density at radius 1 is 1.35 bits per heavy atom. The number of nitrogens with one attached hydrogen (secondary N) is 1. The molecule has 0 aromatic rings. The number of hydrogen-bond donors (Lipinski definition) is 1. The van der Waals surface area contributed by atoms with Crippen molar-refractivity contribution in [1.29, 1.82) is 0 Å². The van der Waals surface area contributed by atoms with Crippen LogP contribution in [0.2, 0.25) is 0 Å². The van der Waals surface area contributed by atoms with Crippen LogP contribution < -0.4 is 5.32 Å². The molecule has 3 atom stereocenters. The molecule has 2 aliphatic rings. The lowest BCUT2D eigenvalue weighted by Crippen LogP contribution is -2.62. The molecule has 2 heteroatoms. The van der Waals surface area contributed by atoms with Gasteiger partial charge in [0.2, 0.25) is 0 Å². The van der Waals surface area contributed by atoms with E-state index >= 15 is 0 Å². The third kappa shape index (κ3) is 2.68. The normalized spacial score (nSPS) is 38.8. The topological polar surface area (TPSA) is 21.3 Å². The summed E-state index contributed by atoms with van der Waals surface area (Å²) in [4.78, 5) is 0. The first-order valence-electron chi connectivity index (χ1n) is 7.59. The molecule has 0 bridgehead atoms. The Hall–Kier alpha value is -0.0800. The second-order valence-electron chi connectivity index (χ2n) is 6.12. The molecular formula is C15H29NO. The van der Waals surface area contributed by atoms with Gasteiger partial charge in [-0.2, -0.15) is 0 Å². The summed E-state index contributed by atoms with van der Waals surface area (Å²) >= 11 is 0. The van der Waals surface area contributed by atoms with Crippen LogP contribution in [0.5, 0.6) is 0 Å². The van der Waals surface area contributed by atoms with Crippen molar-refractivity contribution in [2.45, 2.75) is 70.9 Å². The van der Waals surface area contributed by atoms with Crippen molar-refractivity contribution in [2.24, 2.45) is 11.8 Å². The van der Waals surface area contributed by atoms with E-state index in [0.29, 0.717) is 6.04 Å². The zero-order valence-electron chi connectivity index (χ0n) is 11.8. The molecule has 0 amide bonds. The van der Waals surface area contributed by atoms with Gasteiger partial charge in [-0.15, -0.1) is 0 Å². The van der Waals surface area contributed by atoms with Gasteiger partial charge in [0.15, 0.2) is 0 Å². The van der Waals surface area contributed by atoms with Gasteiger partial charge in [-0.3, -0.25) is 0 Å². The molecule has 1 aliphatic carbocycles. The minimum atomic E-state index is 0.159. The maximum atomic E-state index is 6.31. The van der Waals surface area contributed by atoms with Crippen molar-refractivity contribution < 1.29 is 4.74 Å². The van der Waals surface area contributed by atoms with Crippen LogP contribution in [-0.4, -0.2) is 24.8 Å². The van der Waals surface area contributed by atoms with Crippen molar-refractivity contribution in [3.63, 3.8) is 0 Å². The highest BCUT2D eigenvalue weighted by Crippen LogP contribution is 2.42. The van der Waals surface area contributed by atoms with E-state index in [4.69, 9.17) is 4.74 Å². The van der Waals surface area contributed by atoms with Gasteiger partial charge in [0.25, 0.3) is 0 Å². The van der Waals surface area contributed by atoms with E-state index in [1.807, 2.05) is 0 Å². The first-order chi connectivity index (χ1) is 8.22. The number of morpholine rings is 1. The Morgan fingerprint density at radius 3 is 2.76 bits per heavy atom. The average molecular weight is 239 g/mol. The van der Waals surface area contributed by atoms with E-state index in [1.165, 1.54) is 38.5 Å². The van der Waals surface area contributed by atoms with E-state index in [0.717, 1.165) is 25.0 Å². The highest BCUT2D eigenvalue weighted by atomic mass is 16.5. The Labute approximate surface area is 107 Å². The highest BCUT2D eigenvalue weighted by molar-refractivity contribution is 5.01. The molecule has 2 fully saturated rings. The van der Waals surface area contributed by atoms with Gasteiger partial charge in [0.1, 0.15) is 0 Å². The summed E-state index contributed by atoms with van der Waals surface area (Å²) in [6.45, 7) is 8.98. The minimum absolute atomic E-state index is 0.159. The second kappa shape index (κ2) is 5.71. The molecule has 3 unspecified atom stereocenters. The molecule has 100 valence electrons. The van der Waals surface area contributed by atoms with E-state index in [2.05, 4.69) is 26.1 Å². The van der Waals surface area contributed by atoms with Crippen LogP contribution in [0.15, 0.2) is 0 Å². The Bertz CT molecular complexity index is 235. The van der Waals surface area contributed by atoms with Crippen LogP contribution in [0.3, 0.4) is 0 Å². The Morgan fingerprint density at radius 2 is 2.12 bits per heavy atom. The van der Waals surface area contributed by atoms with Gasteiger partial charge >= 0.3 is 0 Å². The number of hydrogen-bond acceptors (Lipinski definition) is 2. The largest absolute Gasteiger partial charge is 0.372 e. The molecule has 0 radical (unpaired) electrons. The minimum Gasteiger partial charge on any atom is -0.372 e. The fraction of sp³-hybridized carbons (Fsp3) is 1.00. The van der Waals surface area contributed by atoms with E-state index in [1.54, 1.807) is 0 Å². The Balaban J connectivity index is 2.15. The van der Waals surface area contributed by atoms with Crippen molar-refractivity contribution in [3.8, 4) is 0 Å². The van der Waals surface area contributed by atoms with Crippen LogP contribution in [0.1, 0.15) is 59.3 Å². The third-order valence-electron chi connectivity index (χ3n) is 4.93. The zero-order valence-corrected chi connectivity index (χ0v) is 11.8. The molecule has 0 aromatic carbocycles. The summed E-state index contributed by atoms with van der Waals surface area (Å²) in [5, 5.41) is 3.78. The molecule has 1 spiro atoms. The fourth-order valence-corrected chi connectivity index (χ4v) is 4.06. The second-order valence-corrected chi connectivity index (χ2v) is 6.12. The van der Waals surface area contributed by atoms with Crippen molar-refractivity contribution in [3.05, 3.63) is 0 Å². The highest BCUT2D eigenvalue weighted by Gasteiger charge is 2.46.